The van der Waals surface area contributed by atoms with Gasteiger partial charge in [-0.05, 0) is 23.7 Å². The molecular weight excluding hydrogens is 136 g/mol. The van der Waals surface area contributed by atoms with Gasteiger partial charge in [0.15, 0.2) is 0 Å². The van der Waals surface area contributed by atoms with Gasteiger partial charge in [0.1, 0.15) is 0 Å². The molecule has 0 saturated heterocycles. The van der Waals surface area contributed by atoms with Crippen LogP contribution in [-0.2, 0) is 0 Å². The summed E-state index contributed by atoms with van der Waals surface area (Å²) < 4.78 is 0. The Morgan fingerprint density at radius 3 is 2.25 bits per heavy atom. The van der Waals surface area contributed by atoms with E-state index >= 15 is 0 Å². The van der Waals surface area contributed by atoms with Crippen molar-refractivity contribution < 1.29 is 0 Å². The average molecular weight is 146 g/mol. The molecule has 0 aromatic rings. The molecule has 8 heavy (non-hydrogen) atoms. The number of fused-ring (bicyclic) bond motifs is 1. The molecule has 2 fully saturated rings. The van der Waals surface area contributed by atoms with Crippen LogP contribution in [0.3, 0.4) is 0 Å². The summed E-state index contributed by atoms with van der Waals surface area (Å²) >= 11 is 4.13. The van der Waals surface area contributed by atoms with Gasteiger partial charge in [-0.1, -0.05) is 17.7 Å². The number of thiol groups is 1. The molecule has 0 atom stereocenters. The first-order valence-corrected chi connectivity index (χ1v) is 5.03. The van der Waals surface area contributed by atoms with E-state index in [9.17, 15) is 0 Å². The molecule has 0 aromatic heterocycles. The van der Waals surface area contributed by atoms with Crippen LogP contribution < -0.4 is 0 Å². The summed E-state index contributed by atoms with van der Waals surface area (Å²) in [5.74, 6) is 1.28. The molecule has 2 heteroatoms. The van der Waals surface area contributed by atoms with Gasteiger partial charge in [0.2, 0.25) is 0 Å². The molecule has 0 amide bonds. The molecule has 0 nitrogen and oxygen atoms in total. The molecule has 0 aliphatic heterocycles. The lowest BCUT2D eigenvalue weighted by atomic mass is 10.2. The van der Waals surface area contributed by atoms with Crippen LogP contribution in [0.25, 0.3) is 0 Å². The van der Waals surface area contributed by atoms with Crippen LogP contribution in [0.5, 0.6) is 0 Å². The van der Waals surface area contributed by atoms with Gasteiger partial charge in [0.25, 0.3) is 0 Å². The third kappa shape index (κ3) is 0.462. The van der Waals surface area contributed by atoms with Crippen LogP contribution in [-0.4, -0.2) is 5.75 Å². The topological polar surface area (TPSA) is 0 Å². The summed E-state index contributed by atoms with van der Waals surface area (Å²) in [6.45, 7) is 2.39. The third-order valence-corrected chi connectivity index (χ3v) is 3.90. The maximum absolute atomic E-state index is 4.13. The lowest BCUT2D eigenvalue weighted by Gasteiger charge is -1.93. The van der Waals surface area contributed by atoms with Gasteiger partial charge in [0, 0.05) is 5.75 Å². The fraction of sp³-hybridized carbons (Fsp3) is 1.00. The summed E-state index contributed by atoms with van der Waals surface area (Å²) in [6, 6.07) is 0. The molecule has 0 heterocycles. The lowest BCUT2D eigenvalue weighted by Crippen LogP contribution is -1.85. The van der Waals surface area contributed by atoms with Crippen molar-refractivity contribution in [2.75, 3.05) is 5.75 Å². The number of hydrogen-bond acceptors (Lipinski definition) is 2. The van der Waals surface area contributed by atoms with Gasteiger partial charge in [0.05, 0.1) is 0 Å². The summed E-state index contributed by atoms with van der Waals surface area (Å²) in [7, 11) is 1.71. The lowest BCUT2D eigenvalue weighted by molar-refractivity contribution is 0.691. The molecule has 2 saturated carbocycles. The van der Waals surface area contributed by atoms with E-state index in [1.165, 1.54) is 18.6 Å². The minimum Gasteiger partial charge on any atom is -0.111 e. The minimum atomic E-state index is 0.791. The smallest absolute Gasteiger partial charge is 0.00968 e. The molecule has 2 rings (SSSR count). The quantitative estimate of drug-likeness (QED) is 0.461. The number of rotatable bonds is 2. The minimum absolute atomic E-state index is 0.791. The highest BCUT2D eigenvalue weighted by molar-refractivity contribution is 8.68. The highest BCUT2D eigenvalue weighted by Crippen LogP contribution is 2.86. The van der Waals surface area contributed by atoms with Gasteiger partial charge < -0.3 is 0 Å². The van der Waals surface area contributed by atoms with Crippen LogP contribution in [0.4, 0.5) is 0 Å². The normalized spacial score (nSPS) is 57.8. The average Bonchev–Trinajstić information content (AvgIpc) is 2.25. The van der Waals surface area contributed by atoms with Crippen LogP contribution in [0, 0.1) is 10.8 Å². The Bertz CT molecular complexity index is 124. The van der Waals surface area contributed by atoms with Crippen LogP contribution in [0.15, 0.2) is 0 Å². The Kier molecular flexibility index (Phi) is 0.849. The van der Waals surface area contributed by atoms with Crippen molar-refractivity contribution in [3.8, 4) is 0 Å². The second kappa shape index (κ2) is 1.24. The number of hydrogen-bond donors (Lipinski definition) is 1. The van der Waals surface area contributed by atoms with Crippen molar-refractivity contribution in [1.29, 1.82) is 0 Å². The van der Waals surface area contributed by atoms with Crippen molar-refractivity contribution in [3.63, 3.8) is 0 Å². The van der Waals surface area contributed by atoms with E-state index < -0.39 is 0 Å². The molecule has 0 N–H and O–H groups in total. The predicted octanol–water partition coefficient (Wildman–Crippen LogP) is 2.36. The largest absolute Gasteiger partial charge is 0.111 e. The van der Waals surface area contributed by atoms with Gasteiger partial charge in [-0.3, -0.25) is 0 Å². The third-order valence-electron chi connectivity index (χ3n) is 2.83. The molecule has 0 spiro atoms. The second-order valence-corrected chi connectivity index (χ2v) is 4.79. The zero-order valence-electron chi connectivity index (χ0n) is 4.98. The van der Waals surface area contributed by atoms with Crippen molar-refractivity contribution in [3.05, 3.63) is 0 Å². The van der Waals surface area contributed by atoms with Gasteiger partial charge in [-0.15, -0.1) is 11.7 Å². The maximum Gasteiger partial charge on any atom is 0.00968 e. The zero-order valence-corrected chi connectivity index (χ0v) is 6.69. The summed E-state index contributed by atoms with van der Waals surface area (Å²) in [4.78, 5) is 0. The van der Waals surface area contributed by atoms with Gasteiger partial charge in [-0.25, -0.2) is 0 Å². The highest BCUT2D eigenvalue weighted by atomic mass is 33.1. The SMILES string of the molecule is CC12CC1(CSS)C2. The Morgan fingerprint density at radius 1 is 1.62 bits per heavy atom. The van der Waals surface area contributed by atoms with E-state index in [-0.39, 0.29) is 0 Å². The van der Waals surface area contributed by atoms with Crippen molar-refractivity contribution in [2.45, 2.75) is 19.8 Å². The monoisotopic (exact) mass is 146 g/mol. The zero-order chi connectivity index (χ0) is 5.83. The predicted molar refractivity (Wildman–Crippen MR) is 41.2 cm³/mol. The van der Waals surface area contributed by atoms with Gasteiger partial charge in [-0.2, -0.15) is 0 Å². The Morgan fingerprint density at radius 2 is 2.12 bits per heavy atom. The maximum atomic E-state index is 4.13. The molecule has 46 valence electrons. The van der Waals surface area contributed by atoms with Crippen molar-refractivity contribution >= 4 is 22.5 Å². The first-order chi connectivity index (χ1) is 3.72. The van der Waals surface area contributed by atoms with Crippen molar-refractivity contribution in [2.24, 2.45) is 10.8 Å². The molecule has 2 aliphatic carbocycles. The highest BCUT2D eigenvalue weighted by Gasteiger charge is 2.79. The first kappa shape index (κ1) is 5.48. The van der Waals surface area contributed by atoms with E-state index in [1.807, 2.05) is 0 Å². The second-order valence-electron chi connectivity index (χ2n) is 3.47. The van der Waals surface area contributed by atoms with Gasteiger partial charge >= 0.3 is 0 Å². The Labute approximate surface area is 59.2 Å². The Hall–Kier alpha value is 0.700. The van der Waals surface area contributed by atoms with E-state index in [0.717, 1.165) is 10.8 Å². The molecule has 0 aromatic carbocycles. The fourth-order valence-corrected chi connectivity index (χ4v) is 3.29. The molecule has 0 radical (unpaired) electrons. The van der Waals surface area contributed by atoms with Crippen molar-refractivity contribution in [1.82, 2.24) is 0 Å². The fourth-order valence-electron chi connectivity index (χ4n) is 1.75. The standard InChI is InChI=1S/C6H10S2/c1-5-2-6(5,3-5)4-8-7/h7H,2-4H2,1H3. The summed E-state index contributed by atoms with van der Waals surface area (Å²) in [5, 5.41) is 0. The molecular formula is C6H10S2. The Balaban J connectivity index is 1.94. The molecule has 0 unspecified atom stereocenters. The first-order valence-electron chi connectivity index (χ1n) is 2.99. The summed E-state index contributed by atoms with van der Waals surface area (Å²) in [6.07, 6.45) is 2.96. The van der Waals surface area contributed by atoms with Crippen LogP contribution in [0.2, 0.25) is 0 Å². The summed E-state index contributed by atoms with van der Waals surface area (Å²) in [5.41, 5.74) is 1.59. The molecule has 2 aliphatic rings. The van der Waals surface area contributed by atoms with E-state index in [2.05, 4.69) is 18.6 Å². The van der Waals surface area contributed by atoms with E-state index in [1.54, 1.807) is 10.8 Å². The van der Waals surface area contributed by atoms with Crippen LogP contribution >= 0.6 is 22.5 Å². The van der Waals surface area contributed by atoms with Crippen LogP contribution in [0.1, 0.15) is 19.8 Å². The molecule has 0 bridgehead atoms. The van der Waals surface area contributed by atoms with E-state index in [0.29, 0.717) is 0 Å². The van der Waals surface area contributed by atoms with E-state index in [4.69, 9.17) is 0 Å².